The summed E-state index contributed by atoms with van der Waals surface area (Å²) in [4.78, 5) is 0. The van der Waals surface area contributed by atoms with E-state index in [0.29, 0.717) is 6.61 Å². The summed E-state index contributed by atoms with van der Waals surface area (Å²) in [6.07, 6.45) is 2.00. The first-order valence-corrected chi connectivity index (χ1v) is 7.81. The highest BCUT2D eigenvalue weighted by atomic mass is 79.9. The molecule has 1 aliphatic carbocycles. The molecule has 0 bridgehead atoms. The summed E-state index contributed by atoms with van der Waals surface area (Å²) >= 11 is 3.49. The van der Waals surface area contributed by atoms with Crippen molar-refractivity contribution in [2.75, 3.05) is 7.11 Å². The minimum Gasteiger partial charge on any atom is -0.496 e. The molecule has 0 saturated carbocycles. The van der Waals surface area contributed by atoms with Gasteiger partial charge in [-0.05, 0) is 63.7 Å². The molecular formula is C17H18BrNO2. The van der Waals surface area contributed by atoms with Gasteiger partial charge in [-0.15, -0.1) is 0 Å². The maximum absolute atomic E-state index is 6.10. The fourth-order valence-electron chi connectivity index (χ4n) is 2.75. The lowest BCUT2D eigenvalue weighted by atomic mass is 10.1. The van der Waals surface area contributed by atoms with E-state index < -0.39 is 0 Å². The first-order chi connectivity index (χ1) is 10.2. The number of methoxy groups -OCH3 is 1. The van der Waals surface area contributed by atoms with Gasteiger partial charge in [-0.25, -0.2) is 0 Å². The molecule has 0 aromatic heterocycles. The van der Waals surface area contributed by atoms with Gasteiger partial charge < -0.3 is 15.2 Å². The van der Waals surface area contributed by atoms with Crippen molar-refractivity contribution in [2.45, 2.75) is 25.5 Å². The quantitative estimate of drug-likeness (QED) is 0.909. The second-order valence-corrected chi connectivity index (χ2v) is 6.08. The second-order valence-electron chi connectivity index (χ2n) is 5.23. The van der Waals surface area contributed by atoms with Crippen LogP contribution in [0.3, 0.4) is 0 Å². The average Bonchev–Trinajstić information content (AvgIpc) is 2.87. The topological polar surface area (TPSA) is 44.5 Å². The molecule has 2 aromatic carbocycles. The van der Waals surface area contributed by atoms with Crippen LogP contribution in [0.1, 0.15) is 29.2 Å². The maximum atomic E-state index is 6.10. The molecule has 1 aliphatic rings. The van der Waals surface area contributed by atoms with E-state index in [1.165, 1.54) is 11.1 Å². The van der Waals surface area contributed by atoms with Gasteiger partial charge in [0.2, 0.25) is 0 Å². The van der Waals surface area contributed by atoms with Crippen LogP contribution >= 0.6 is 15.9 Å². The molecule has 3 nitrogen and oxygen atoms in total. The van der Waals surface area contributed by atoms with E-state index in [9.17, 15) is 0 Å². The summed E-state index contributed by atoms with van der Waals surface area (Å²) in [5, 5.41) is 0. The standard InChI is InChI=1S/C17H18BrNO2/c1-20-17-8-5-11(9-14(17)18)10-21-16-4-2-3-12-13(16)6-7-15(12)19/h2-5,8-9,15H,6-7,10,19H2,1H3. The number of fused-ring (bicyclic) bond motifs is 1. The van der Waals surface area contributed by atoms with Gasteiger partial charge in [-0.3, -0.25) is 0 Å². The average molecular weight is 348 g/mol. The third kappa shape index (κ3) is 2.92. The second kappa shape index (κ2) is 6.08. The van der Waals surface area contributed by atoms with E-state index in [1.807, 2.05) is 30.3 Å². The smallest absolute Gasteiger partial charge is 0.133 e. The number of benzene rings is 2. The molecule has 0 radical (unpaired) electrons. The number of hydrogen-bond donors (Lipinski definition) is 1. The zero-order chi connectivity index (χ0) is 14.8. The minimum atomic E-state index is 0.152. The molecule has 1 atom stereocenters. The van der Waals surface area contributed by atoms with Gasteiger partial charge in [0.1, 0.15) is 18.1 Å². The van der Waals surface area contributed by atoms with Crippen LogP contribution in [0.5, 0.6) is 11.5 Å². The highest BCUT2D eigenvalue weighted by Gasteiger charge is 2.22. The van der Waals surface area contributed by atoms with Crippen molar-refractivity contribution in [3.05, 3.63) is 57.6 Å². The van der Waals surface area contributed by atoms with E-state index in [-0.39, 0.29) is 6.04 Å². The molecule has 2 N–H and O–H groups in total. The number of rotatable bonds is 4. The van der Waals surface area contributed by atoms with Crippen molar-refractivity contribution in [1.29, 1.82) is 0 Å². The Morgan fingerprint density at radius 2 is 2.10 bits per heavy atom. The molecule has 0 amide bonds. The van der Waals surface area contributed by atoms with Gasteiger partial charge in [0, 0.05) is 6.04 Å². The molecule has 110 valence electrons. The highest BCUT2D eigenvalue weighted by Crippen LogP contribution is 2.36. The highest BCUT2D eigenvalue weighted by molar-refractivity contribution is 9.10. The number of halogens is 1. The van der Waals surface area contributed by atoms with Crippen molar-refractivity contribution in [3.63, 3.8) is 0 Å². The largest absolute Gasteiger partial charge is 0.496 e. The third-order valence-electron chi connectivity index (χ3n) is 3.88. The zero-order valence-electron chi connectivity index (χ0n) is 11.9. The fraction of sp³-hybridized carbons (Fsp3) is 0.294. The summed E-state index contributed by atoms with van der Waals surface area (Å²) in [6, 6.07) is 12.3. The van der Waals surface area contributed by atoms with E-state index in [0.717, 1.165) is 34.4 Å². The normalized spacial score (nSPS) is 16.6. The van der Waals surface area contributed by atoms with Gasteiger partial charge in [0.05, 0.1) is 11.6 Å². The molecule has 0 spiro atoms. The Labute approximate surface area is 133 Å². The van der Waals surface area contributed by atoms with Crippen molar-refractivity contribution < 1.29 is 9.47 Å². The summed E-state index contributed by atoms with van der Waals surface area (Å²) < 4.78 is 12.2. The molecule has 4 heteroatoms. The van der Waals surface area contributed by atoms with Crippen molar-refractivity contribution in [1.82, 2.24) is 0 Å². The van der Waals surface area contributed by atoms with Crippen molar-refractivity contribution in [3.8, 4) is 11.5 Å². The molecule has 1 unspecified atom stereocenters. The van der Waals surface area contributed by atoms with Crippen LogP contribution in [0.4, 0.5) is 0 Å². The first kappa shape index (κ1) is 14.4. The summed E-state index contributed by atoms with van der Waals surface area (Å²) in [6.45, 7) is 0.536. The van der Waals surface area contributed by atoms with Gasteiger partial charge in [0.25, 0.3) is 0 Å². The zero-order valence-corrected chi connectivity index (χ0v) is 13.5. The lowest BCUT2D eigenvalue weighted by Crippen LogP contribution is -2.05. The maximum Gasteiger partial charge on any atom is 0.133 e. The van der Waals surface area contributed by atoms with Crippen LogP contribution in [0.2, 0.25) is 0 Å². The Morgan fingerprint density at radius 1 is 1.24 bits per heavy atom. The van der Waals surface area contributed by atoms with Crippen LogP contribution < -0.4 is 15.2 Å². The molecule has 0 aliphatic heterocycles. The SMILES string of the molecule is COc1ccc(COc2cccc3c2CCC3N)cc1Br. The summed E-state index contributed by atoms with van der Waals surface area (Å²) in [5.74, 6) is 1.78. The Bertz CT molecular complexity index is 657. The molecule has 3 rings (SSSR count). The van der Waals surface area contributed by atoms with E-state index in [1.54, 1.807) is 7.11 Å². The Hall–Kier alpha value is -1.52. The number of hydrogen-bond acceptors (Lipinski definition) is 3. The van der Waals surface area contributed by atoms with Gasteiger partial charge >= 0.3 is 0 Å². The Morgan fingerprint density at radius 3 is 2.86 bits per heavy atom. The van der Waals surface area contributed by atoms with E-state index in [4.69, 9.17) is 15.2 Å². The number of nitrogens with two attached hydrogens (primary N) is 1. The van der Waals surface area contributed by atoms with E-state index in [2.05, 4.69) is 22.0 Å². The Kier molecular flexibility index (Phi) is 4.17. The number of ether oxygens (including phenoxy) is 2. The van der Waals surface area contributed by atoms with Crippen molar-refractivity contribution in [2.24, 2.45) is 5.73 Å². The fourth-order valence-corrected chi connectivity index (χ4v) is 3.34. The molecule has 0 heterocycles. The lowest BCUT2D eigenvalue weighted by molar-refractivity contribution is 0.303. The summed E-state index contributed by atoms with van der Waals surface area (Å²) in [7, 11) is 1.66. The van der Waals surface area contributed by atoms with Gasteiger partial charge in [-0.1, -0.05) is 18.2 Å². The molecule has 21 heavy (non-hydrogen) atoms. The molecule has 0 fully saturated rings. The Balaban J connectivity index is 1.75. The van der Waals surface area contributed by atoms with Crippen molar-refractivity contribution >= 4 is 15.9 Å². The first-order valence-electron chi connectivity index (χ1n) is 7.01. The molecule has 0 saturated heterocycles. The molecule has 2 aromatic rings. The monoisotopic (exact) mass is 347 g/mol. The van der Waals surface area contributed by atoms with Crippen LogP contribution in [0.25, 0.3) is 0 Å². The van der Waals surface area contributed by atoms with E-state index >= 15 is 0 Å². The van der Waals surface area contributed by atoms with Crippen LogP contribution in [-0.2, 0) is 13.0 Å². The van der Waals surface area contributed by atoms with Gasteiger partial charge in [0.15, 0.2) is 0 Å². The minimum absolute atomic E-state index is 0.152. The predicted molar refractivity (Wildman–Crippen MR) is 86.7 cm³/mol. The lowest BCUT2D eigenvalue weighted by Gasteiger charge is -2.12. The molecular weight excluding hydrogens is 330 g/mol. The third-order valence-corrected chi connectivity index (χ3v) is 4.50. The van der Waals surface area contributed by atoms with Crippen LogP contribution in [0, 0.1) is 0 Å². The summed E-state index contributed by atoms with van der Waals surface area (Å²) in [5.41, 5.74) is 9.69. The van der Waals surface area contributed by atoms with Gasteiger partial charge in [-0.2, -0.15) is 0 Å². The van der Waals surface area contributed by atoms with Crippen LogP contribution in [-0.4, -0.2) is 7.11 Å². The van der Waals surface area contributed by atoms with Crippen LogP contribution in [0.15, 0.2) is 40.9 Å². The predicted octanol–water partition coefficient (Wildman–Crippen LogP) is 3.98.